The quantitative estimate of drug-likeness (QED) is 0.127. The van der Waals surface area contributed by atoms with Crippen molar-refractivity contribution < 1.29 is 0 Å². The van der Waals surface area contributed by atoms with E-state index in [0.29, 0.717) is 0 Å². The molecule has 0 radical (unpaired) electrons. The van der Waals surface area contributed by atoms with Gasteiger partial charge < -0.3 is 9.13 Å². The molecule has 0 spiro atoms. The highest BCUT2D eigenvalue weighted by Crippen LogP contribution is 2.56. The number of fused-ring (bicyclic) bond motifs is 6. The average molecular weight is 721 g/mol. The van der Waals surface area contributed by atoms with Crippen molar-refractivity contribution >= 4 is 43.6 Å². The zero-order valence-corrected chi connectivity index (χ0v) is 33.0. The molecule has 8 aromatic rings. The fourth-order valence-electron chi connectivity index (χ4n) is 11.4. The first-order valence-corrected chi connectivity index (χ1v) is 20.5. The molecular formula is C54H44N2. The number of hydrogen-bond acceptors (Lipinski definition) is 0. The number of aryl methyl sites for hydroxylation is 2. The Labute approximate surface area is 328 Å². The monoisotopic (exact) mass is 720 g/mol. The number of benzene rings is 8. The third-order valence-corrected chi connectivity index (χ3v) is 14.0. The summed E-state index contributed by atoms with van der Waals surface area (Å²) in [5.41, 5.74) is 24.2. The molecule has 0 N–H and O–H groups in total. The van der Waals surface area contributed by atoms with Crippen molar-refractivity contribution in [3.05, 3.63) is 156 Å². The van der Waals surface area contributed by atoms with Crippen molar-refractivity contribution in [3.63, 3.8) is 0 Å². The fraction of sp³-hybridized carbons (Fsp3) is 0.185. The van der Waals surface area contributed by atoms with Gasteiger partial charge in [-0.05, 0) is 117 Å². The number of nitrogens with zero attached hydrogens (tertiary/aromatic N) is 2. The Morgan fingerprint density at radius 2 is 0.804 bits per heavy atom. The maximum Gasteiger partial charge on any atom is 0.0578 e. The molecule has 0 saturated carbocycles. The highest BCUT2D eigenvalue weighted by molar-refractivity contribution is 6.29. The molecule has 2 heteroatoms. The van der Waals surface area contributed by atoms with Gasteiger partial charge in [0.1, 0.15) is 0 Å². The first kappa shape index (κ1) is 32.2. The highest BCUT2D eigenvalue weighted by Gasteiger charge is 2.38. The molecule has 0 fully saturated rings. The molecule has 0 bridgehead atoms. The molecule has 12 rings (SSSR count). The lowest BCUT2D eigenvalue weighted by Crippen LogP contribution is -2.15. The molecule has 270 valence electrons. The third kappa shape index (κ3) is 3.82. The van der Waals surface area contributed by atoms with Gasteiger partial charge in [-0.1, -0.05) is 125 Å². The van der Waals surface area contributed by atoms with Gasteiger partial charge in [-0.2, -0.15) is 0 Å². The Balaban J connectivity index is 1.21. The predicted octanol–water partition coefficient (Wildman–Crippen LogP) is 14.4. The van der Waals surface area contributed by atoms with Gasteiger partial charge in [-0.25, -0.2) is 0 Å². The second-order valence-corrected chi connectivity index (χ2v) is 17.4. The lowest BCUT2D eigenvalue weighted by molar-refractivity contribution is 0.660. The lowest BCUT2D eigenvalue weighted by Gasteiger charge is -2.31. The van der Waals surface area contributed by atoms with E-state index in [-0.39, 0.29) is 10.8 Å². The molecule has 4 aliphatic rings. The number of rotatable bonds is 4. The van der Waals surface area contributed by atoms with Crippen LogP contribution in [0, 0.1) is 0 Å². The van der Waals surface area contributed by atoms with Crippen molar-refractivity contribution in [2.24, 2.45) is 0 Å². The fourth-order valence-corrected chi connectivity index (χ4v) is 11.4. The molecule has 8 aromatic carbocycles. The van der Waals surface area contributed by atoms with Crippen LogP contribution < -0.4 is 0 Å². The summed E-state index contributed by atoms with van der Waals surface area (Å²) in [6.07, 6.45) is 0. The maximum absolute atomic E-state index is 2.61. The van der Waals surface area contributed by atoms with E-state index in [9.17, 15) is 0 Å². The van der Waals surface area contributed by atoms with Crippen molar-refractivity contribution in [3.8, 4) is 55.6 Å². The smallest absolute Gasteiger partial charge is 0.0578 e. The van der Waals surface area contributed by atoms with Crippen LogP contribution in [0.5, 0.6) is 0 Å². The molecule has 0 aromatic heterocycles. The van der Waals surface area contributed by atoms with Gasteiger partial charge in [-0.3, -0.25) is 0 Å². The van der Waals surface area contributed by atoms with Crippen LogP contribution in [0.15, 0.2) is 133 Å². The van der Waals surface area contributed by atoms with Crippen LogP contribution in [0.2, 0.25) is 0 Å². The summed E-state index contributed by atoms with van der Waals surface area (Å²) in [5, 5.41) is 5.33. The summed E-state index contributed by atoms with van der Waals surface area (Å²) in [7, 11) is 0. The SMILES string of the molecule is CCn1c2c(-c3ccc4c(c3)C(C)(C)c3ccccc3-4)cc3cccc4c3c2-c2c3c(cccc31)cc(-c1ccc3c(c1)C(C)(C)c1ccccc1-3)c2n4CC. The summed E-state index contributed by atoms with van der Waals surface area (Å²) in [4.78, 5) is 0. The van der Waals surface area contributed by atoms with E-state index < -0.39 is 0 Å². The van der Waals surface area contributed by atoms with Gasteiger partial charge in [-0.15, -0.1) is 0 Å². The van der Waals surface area contributed by atoms with Crippen LogP contribution in [0.25, 0.3) is 99.2 Å². The Bertz CT molecular complexity index is 3050. The molecule has 2 aliphatic carbocycles. The second-order valence-electron chi connectivity index (χ2n) is 17.4. The standard InChI is InChI=1S/C54H44N2/c1-7-55-45-21-13-15-33-28-40(32-24-26-38-36-18-10-12-20-42(36)54(5,6)44(38)30-32)52-50(47(33)45)49-48-34(16-14-22-46(48)56(52)8-2)27-39(51(49)55)31-23-25-37-35-17-9-11-19-41(35)53(3,4)43(37)29-31/h9-30H,7-8H2,1-6H3. The van der Waals surface area contributed by atoms with Crippen molar-refractivity contribution in [2.45, 2.75) is 65.5 Å². The van der Waals surface area contributed by atoms with E-state index in [1.165, 1.54) is 122 Å². The molecule has 0 atom stereocenters. The van der Waals surface area contributed by atoms with Crippen LogP contribution in [-0.2, 0) is 23.9 Å². The Morgan fingerprint density at radius 1 is 0.393 bits per heavy atom. The third-order valence-electron chi connectivity index (χ3n) is 14.0. The van der Waals surface area contributed by atoms with Gasteiger partial charge in [0.25, 0.3) is 0 Å². The zero-order chi connectivity index (χ0) is 37.8. The largest absolute Gasteiger partial charge is 0.340 e. The Hall–Kier alpha value is -6.12. The van der Waals surface area contributed by atoms with Gasteiger partial charge >= 0.3 is 0 Å². The van der Waals surface area contributed by atoms with Gasteiger partial charge in [0.15, 0.2) is 0 Å². The highest BCUT2D eigenvalue weighted by atomic mass is 15.0. The summed E-state index contributed by atoms with van der Waals surface area (Å²) in [5.74, 6) is 0. The van der Waals surface area contributed by atoms with Gasteiger partial charge in [0, 0.05) is 68.0 Å². The summed E-state index contributed by atoms with van der Waals surface area (Å²) in [6, 6.07) is 51.5. The topological polar surface area (TPSA) is 9.86 Å². The van der Waals surface area contributed by atoms with Crippen LogP contribution in [0.1, 0.15) is 63.8 Å². The normalized spacial score (nSPS) is 15.0. The van der Waals surface area contributed by atoms with E-state index in [4.69, 9.17) is 0 Å². The second kappa shape index (κ2) is 10.8. The van der Waals surface area contributed by atoms with Crippen LogP contribution >= 0.6 is 0 Å². The molecule has 56 heavy (non-hydrogen) atoms. The molecule has 2 nitrogen and oxygen atoms in total. The molecular weight excluding hydrogens is 677 g/mol. The molecule has 0 unspecified atom stereocenters. The van der Waals surface area contributed by atoms with Crippen LogP contribution in [0.4, 0.5) is 0 Å². The Morgan fingerprint density at radius 3 is 1.23 bits per heavy atom. The van der Waals surface area contributed by atoms with E-state index in [1.54, 1.807) is 0 Å². The molecule has 0 amide bonds. The van der Waals surface area contributed by atoms with Crippen molar-refractivity contribution in [1.29, 1.82) is 0 Å². The zero-order valence-electron chi connectivity index (χ0n) is 33.0. The van der Waals surface area contributed by atoms with Gasteiger partial charge in [0.2, 0.25) is 0 Å². The van der Waals surface area contributed by atoms with E-state index in [1.807, 2.05) is 0 Å². The molecule has 2 aliphatic heterocycles. The molecule has 2 heterocycles. The van der Waals surface area contributed by atoms with E-state index >= 15 is 0 Å². The van der Waals surface area contributed by atoms with E-state index in [2.05, 4.69) is 184 Å². The minimum atomic E-state index is -0.0738. The van der Waals surface area contributed by atoms with E-state index in [0.717, 1.165) is 13.1 Å². The number of pyridine rings is 2. The minimum absolute atomic E-state index is 0.0738. The van der Waals surface area contributed by atoms with Crippen molar-refractivity contribution in [1.82, 2.24) is 9.13 Å². The van der Waals surface area contributed by atoms with Crippen LogP contribution in [0.3, 0.4) is 0 Å². The summed E-state index contributed by atoms with van der Waals surface area (Å²) in [6.45, 7) is 16.0. The first-order valence-electron chi connectivity index (χ1n) is 20.5. The summed E-state index contributed by atoms with van der Waals surface area (Å²) < 4.78 is 5.23. The van der Waals surface area contributed by atoms with Gasteiger partial charge in [0.05, 0.1) is 11.0 Å². The number of hydrogen-bond donors (Lipinski definition) is 0. The molecule has 0 saturated heterocycles. The van der Waals surface area contributed by atoms with Crippen molar-refractivity contribution in [2.75, 3.05) is 0 Å². The van der Waals surface area contributed by atoms with Crippen LogP contribution in [-0.4, -0.2) is 9.13 Å². The minimum Gasteiger partial charge on any atom is -0.340 e. The summed E-state index contributed by atoms with van der Waals surface area (Å²) >= 11 is 0. The average Bonchev–Trinajstić information content (AvgIpc) is 3.60. The first-order chi connectivity index (χ1) is 27.2. The lowest BCUT2D eigenvalue weighted by atomic mass is 9.79. The predicted molar refractivity (Wildman–Crippen MR) is 238 cm³/mol. The Kier molecular flexibility index (Phi) is 6.20. The maximum atomic E-state index is 2.61. The number of aromatic nitrogens is 2.